The average Bonchev–Trinajstić information content (AvgIpc) is 2.28. The van der Waals surface area contributed by atoms with Gasteiger partial charge in [-0.1, -0.05) is 6.92 Å². The average molecular weight is 246 g/mol. The molecule has 0 unspecified atom stereocenters. The highest BCUT2D eigenvalue weighted by atomic mass is 16.6. The van der Waals surface area contributed by atoms with Gasteiger partial charge in [0.1, 0.15) is 0 Å². The summed E-state index contributed by atoms with van der Waals surface area (Å²) in [5.41, 5.74) is 0. The third kappa shape index (κ3) is 6.55. The van der Waals surface area contributed by atoms with Gasteiger partial charge in [-0.2, -0.15) is 0 Å². The maximum absolute atomic E-state index is 11.4. The van der Waals surface area contributed by atoms with Crippen molar-refractivity contribution in [3.8, 4) is 0 Å². The van der Waals surface area contributed by atoms with E-state index < -0.39 is 24.0 Å². The van der Waals surface area contributed by atoms with Crippen molar-refractivity contribution < 1.29 is 28.6 Å². The van der Waals surface area contributed by atoms with Gasteiger partial charge in [0.05, 0.1) is 19.6 Å². The summed E-state index contributed by atoms with van der Waals surface area (Å²) in [6.45, 7) is 5.23. The molecule has 1 atom stereocenters. The van der Waals surface area contributed by atoms with Crippen LogP contribution in [0.2, 0.25) is 0 Å². The maximum Gasteiger partial charge on any atom is 0.348 e. The Hall–Kier alpha value is -1.59. The number of ether oxygens (including phenoxy) is 3. The van der Waals surface area contributed by atoms with E-state index >= 15 is 0 Å². The van der Waals surface area contributed by atoms with Crippen molar-refractivity contribution in [2.75, 3.05) is 13.2 Å². The predicted octanol–water partition coefficient (Wildman–Crippen LogP) is 0.825. The molecule has 17 heavy (non-hydrogen) atoms. The summed E-state index contributed by atoms with van der Waals surface area (Å²) >= 11 is 0. The Bertz CT molecular complexity index is 273. The van der Waals surface area contributed by atoms with Gasteiger partial charge in [-0.05, 0) is 13.8 Å². The van der Waals surface area contributed by atoms with Gasteiger partial charge in [0.25, 0.3) is 0 Å². The van der Waals surface area contributed by atoms with Crippen LogP contribution in [0.5, 0.6) is 0 Å². The van der Waals surface area contributed by atoms with Gasteiger partial charge in [0.15, 0.2) is 0 Å². The van der Waals surface area contributed by atoms with Gasteiger partial charge in [-0.25, -0.2) is 4.79 Å². The molecule has 0 aliphatic heterocycles. The summed E-state index contributed by atoms with van der Waals surface area (Å²) in [4.78, 5) is 33.7. The van der Waals surface area contributed by atoms with Gasteiger partial charge in [-0.3, -0.25) is 9.59 Å². The topological polar surface area (TPSA) is 78.9 Å². The SMILES string of the molecule is CCOC(=O)C[C@@H](OC(=O)CC)C(=O)OCC. The standard InChI is InChI=1S/C11H18O6/c1-4-9(12)17-8(11(14)16-6-3)7-10(13)15-5-2/h8H,4-7H2,1-3H3/t8-/m1/s1. The minimum absolute atomic E-state index is 0.124. The second-order valence-corrected chi connectivity index (χ2v) is 3.09. The lowest BCUT2D eigenvalue weighted by Gasteiger charge is -2.15. The smallest absolute Gasteiger partial charge is 0.348 e. The second kappa shape index (κ2) is 8.55. The van der Waals surface area contributed by atoms with Crippen LogP contribution in [-0.2, 0) is 28.6 Å². The Labute approximate surface area is 100 Å². The molecular weight excluding hydrogens is 228 g/mol. The van der Waals surface area contributed by atoms with Crippen LogP contribution in [0.25, 0.3) is 0 Å². The van der Waals surface area contributed by atoms with E-state index in [2.05, 4.69) is 4.74 Å². The molecule has 6 heteroatoms. The molecule has 0 radical (unpaired) electrons. The van der Waals surface area contributed by atoms with Gasteiger partial charge >= 0.3 is 17.9 Å². The number of carbonyl (C=O) groups is 3. The first kappa shape index (κ1) is 15.4. The van der Waals surface area contributed by atoms with Crippen molar-refractivity contribution >= 4 is 17.9 Å². The summed E-state index contributed by atoms with van der Waals surface area (Å²) in [7, 11) is 0. The molecule has 0 saturated carbocycles. The van der Waals surface area contributed by atoms with Crippen LogP contribution in [0.3, 0.4) is 0 Å². The van der Waals surface area contributed by atoms with Crippen LogP contribution in [0, 0.1) is 0 Å². The lowest BCUT2D eigenvalue weighted by Crippen LogP contribution is -2.32. The van der Waals surface area contributed by atoms with E-state index in [0.717, 1.165) is 0 Å². The maximum atomic E-state index is 11.4. The molecular formula is C11H18O6. The molecule has 0 spiro atoms. The molecule has 0 bridgehead atoms. The third-order valence-corrected chi connectivity index (χ3v) is 1.77. The van der Waals surface area contributed by atoms with Crippen molar-refractivity contribution in [2.24, 2.45) is 0 Å². The normalized spacial score (nSPS) is 11.5. The van der Waals surface area contributed by atoms with E-state index in [0.29, 0.717) is 0 Å². The fourth-order valence-electron chi connectivity index (χ4n) is 1.02. The van der Waals surface area contributed by atoms with E-state index in [1.165, 1.54) is 0 Å². The van der Waals surface area contributed by atoms with E-state index in [-0.39, 0.29) is 26.1 Å². The molecule has 0 fully saturated rings. The first-order valence-electron chi connectivity index (χ1n) is 5.56. The highest BCUT2D eigenvalue weighted by Gasteiger charge is 2.27. The van der Waals surface area contributed by atoms with Crippen molar-refractivity contribution in [1.29, 1.82) is 0 Å². The van der Waals surface area contributed by atoms with E-state index in [1.807, 2.05) is 0 Å². The summed E-state index contributed by atoms with van der Waals surface area (Å²) in [5.74, 6) is -1.90. The Kier molecular flexibility index (Phi) is 7.75. The van der Waals surface area contributed by atoms with Crippen molar-refractivity contribution in [1.82, 2.24) is 0 Å². The zero-order chi connectivity index (χ0) is 13.3. The van der Waals surface area contributed by atoms with Crippen molar-refractivity contribution in [2.45, 2.75) is 39.7 Å². The molecule has 0 aliphatic carbocycles. The first-order valence-corrected chi connectivity index (χ1v) is 5.56. The quantitative estimate of drug-likeness (QED) is 0.489. The number of hydrogen-bond donors (Lipinski definition) is 0. The zero-order valence-corrected chi connectivity index (χ0v) is 10.4. The molecule has 0 aromatic carbocycles. The fraction of sp³-hybridized carbons (Fsp3) is 0.727. The van der Waals surface area contributed by atoms with Crippen molar-refractivity contribution in [3.63, 3.8) is 0 Å². The Morgan fingerprint density at radius 3 is 2.00 bits per heavy atom. The summed E-state index contributed by atoms with van der Waals surface area (Å²) < 4.78 is 14.2. The Morgan fingerprint density at radius 1 is 0.941 bits per heavy atom. The highest BCUT2D eigenvalue weighted by molar-refractivity contribution is 5.84. The molecule has 0 aromatic heterocycles. The summed E-state index contributed by atoms with van der Waals surface area (Å²) in [6.07, 6.45) is -1.42. The lowest BCUT2D eigenvalue weighted by molar-refractivity contribution is -0.171. The minimum Gasteiger partial charge on any atom is -0.466 e. The van der Waals surface area contributed by atoms with Crippen LogP contribution in [0.15, 0.2) is 0 Å². The van der Waals surface area contributed by atoms with Crippen LogP contribution in [0.4, 0.5) is 0 Å². The van der Waals surface area contributed by atoms with Crippen LogP contribution in [0.1, 0.15) is 33.6 Å². The van der Waals surface area contributed by atoms with Crippen molar-refractivity contribution in [3.05, 3.63) is 0 Å². The second-order valence-electron chi connectivity index (χ2n) is 3.09. The van der Waals surface area contributed by atoms with E-state index in [9.17, 15) is 14.4 Å². The Morgan fingerprint density at radius 2 is 1.53 bits per heavy atom. The molecule has 0 aromatic rings. The number of carbonyl (C=O) groups excluding carboxylic acids is 3. The molecule has 0 saturated heterocycles. The number of esters is 3. The van der Waals surface area contributed by atoms with E-state index in [1.54, 1.807) is 20.8 Å². The molecule has 0 rings (SSSR count). The Balaban J connectivity index is 4.44. The summed E-state index contributed by atoms with van der Waals surface area (Å²) in [5, 5.41) is 0. The third-order valence-electron chi connectivity index (χ3n) is 1.77. The van der Waals surface area contributed by atoms with Gasteiger partial charge in [0.2, 0.25) is 6.10 Å². The van der Waals surface area contributed by atoms with Gasteiger partial charge < -0.3 is 14.2 Å². The monoisotopic (exact) mass is 246 g/mol. The molecule has 0 N–H and O–H groups in total. The highest BCUT2D eigenvalue weighted by Crippen LogP contribution is 2.05. The molecule has 98 valence electrons. The molecule has 0 amide bonds. The van der Waals surface area contributed by atoms with Gasteiger partial charge in [-0.15, -0.1) is 0 Å². The van der Waals surface area contributed by atoms with Crippen LogP contribution in [-0.4, -0.2) is 37.2 Å². The largest absolute Gasteiger partial charge is 0.466 e. The van der Waals surface area contributed by atoms with E-state index in [4.69, 9.17) is 9.47 Å². The van der Waals surface area contributed by atoms with Crippen LogP contribution >= 0.6 is 0 Å². The predicted molar refractivity (Wildman–Crippen MR) is 58.1 cm³/mol. The lowest BCUT2D eigenvalue weighted by atomic mass is 10.2. The molecule has 0 heterocycles. The molecule has 6 nitrogen and oxygen atoms in total. The summed E-state index contributed by atoms with van der Waals surface area (Å²) in [6, 6.07) is 0. The van der Waals surface area contributed by atoms with Gasteiger partial charge in [0, 0.05) is 6.42 Å². The first-order chi connectivity index (χ1) is 8.04. The number of hydrogen-bond acceptors (Lipinski definition) is 6. The van der Waals surface area contributed by atoms with Crippen LogP contribution < -0.4 is 0 Å². The zero-order valence-electron chi connectivity index (χ0n) is 10.4. The number of rotatable bonds is 7. The molecule has 0 aliphatic rings. The fourth-order valence-corrected chi connectivity index (χ4v) is 1.02. The minimum atomic E-state index is -1.22.